The number of carbonyl (C=O) groups excluding carboxylic acids is 1. The summed E-state index contributed by atoms with van der Waals surface area (Å²) in [5, 5.41) is 0.741. The maximum Gasteiger partial charge on any atom is 0.176 e. The van der Waals surface area contributed by atoms with Crippen LogP contribution < -0.4 is 4.74 Å². The normalized spacial score (nSPS) is 10.3. The van der Waals surface area contributed by atoms with Crippen molar-refractivity contribution in [3.05, 3.63) is 64.7 Å². The van der Waals surface area contributed by atoms with Crippen LogP contribution in [0.3, 0.4) is 0 Å². The van der Waals surface area contributed by atoms with Crippen molar-refractivity contribution in [1.82, 2.24) is 0 Å². The molecule has 0 bridgehead atoms. The highest BCUT2D eigenvalue weighted by Gasteiger charge is 2.11. The second kappa shape index (κ2) is 7.36. The average Bonchev–Trinajstić information content (AvgIpc) is 2.49. The molecule has 0 aliphatic rings. The van der Waals surface area contributed by atoms with Gasteiger partial charge in [-0.3, -0.25) is 4.79 Å². The standard InChI is InChI=1S/C16H15ClO2S/c1-19-16-9-5-3-7-13(16)15(18)11-20-10-12-6-2-4-8-14(12)17/h2-9H,10-11H2,1H3. The maximum absolute atomic E-state index is 12.2. The molecule has 0 N–H and O–H groups in total. The van der Waals surface area contributed by atoms with E-state index in [4.69, 9.17) is 16.3 Å². The molecule has 104 valence electrons. The topological polar surface area (TPSA) is 26.3 Å². The van der Waals surface area contributed by atoms with Crippen molar-refractivity contribution < 1.29 is 9.53 Å². The van der Waals surface area contributed by atoms with Gasteiger partial charge < -0.3 is 4.74 Å². The Bertz CT molecular complexity index is 599. The molecule has 2 nitrogen and oxygen atoms in total. The number of methoxy groups -OCH3 is 1. The van der Waals surface area contributed by atoms with Crippen LogP contribution in [0.15, 0.2) is 48.5 Å². The number of ether oxygens (including phenoxy) is 1. The van der Waals surface area contributed by atoms with E-state index in [2.05, 4.69) is 0 Å². The Hall–Kier alpha value is -1.45. The van der Waals surface area contributed by atoms with E-state index in [1.807, 2.05) is 36.4 Å². The number of hydrogen-bond donors (Lipinski definition) is 0. The van der Waals surface area contributed by atoms with Gasteiger partial charge in [0.15, 0.2) is 5.78 Å². The monoisotopic (exact) mass is 306 g/mol. The lowest BCUT2D eigenvalue weighted by atomic mass is 10.1. The Kier molecular flexibility index (Phi) is 5.50. The molecule has 0 spiro atoms. The number of ketones is 1. The lowest BCUT2D eigenvalue weighted by Gasteiger charge is -2.07. The molecule has 2 aromatic rings. The van der Waals surface area contributed by atoms with Crippen molar-refractivity contribution in [1.29, 1.82) is 0 Å². The number of hydrogen-bond acceptors (Lipinski definition) is 3. The largest absolute Gasteiger partial charge is 0.496 e. The predicted octanol–water partition coefficient (Wildman–Crippen LogP) is 4.46. The highest BCUT2D eigenvalue weighted by Crippen LogP contribution is 2.23. The number of para-hydroxylation sites is 1. The molecular weight excluding hydrogens is 292 g/mol. The molecule has 0 aliphatic carbocycles. The van der Waals surface area contributed by atoms with E-state index in [0.29, 0.717) is 17.1 Å². The van der Waals surface area contributed by atoms with E-state index < -0.39 is 0 Å². The van der Waals surface area contributed by atoms with E-state index in [1.165, 1.54) is 0 Å². The predicted molar refractivity (Wildman–Crippen MR) is 84.9 cm³/mol. The Balaban J connectivity index is 1.94. The van der Waals surface area contributed by atoms with Crippen LogP contribution in [0.2, 0.25) is 5.02 Å². The number of halogens is 1. The molecule has 0 radical (unpaired) electrons. The lowest BCUT2D eigenvalue weighted by Crippen LogP contribution is -2.05. The SMILES string of the molecule is COc1ccccc1C(=O)CSCc1ccccc1Cl. The molecule has 0 unspecified atom stereocenters. The van der Waals surface area contributed by atoms with Gasteiger partial charge in [0.1, 0.15) is 5.75 Å². The van der Waals surface area contributed by atoms with Gasteiger partial charge in [-0.15, -0.1) is 11.8 Å². The number of carbonyl (C=O) groups is 1. The summed E-state index contributed by atoms with van der Waals surface area (Å²) < 4.78 is 5.20. The minimum Gasteiger partial charge on any atom is -0.496 e. The summed E-state index contributed by atoms with van der Waals surface area (Å²) in [5.74, 6) is 1.82. The quantitative estimate of drug-likeness (QED) is 0.737. The number of Topliss-reactive ketones (excluding diaryl/α,β-unsaturated/α-hetero) is 1. The maximum atomic E-state index is 12.2. The summed E-state index contributed by atoms with van der Waals surface area (Å²) in [6, 6.07) is 15.0. The van der Waals surface area contributed by atoms with Gasteiger partial charge in [-0.25, -0.2) is 0 Å². The first kappa shape index (κ1) is 14.9. The smallest absolute Gasteiger partial charge is 0.176 e. The second-order valence-electron chi connectivity index (χ2n) is 4.21. The molecule has 4 heteroatoms. The molecule has 2 rings (SSSR count). The van der Waals surface area contributed by atoms with Crippen LogP contribution in [0, 0.1) is 0 Å². The molecule has 0 saturated heterocycles. The fourth-order valence-corrected chi connectivity index (χ4v) is 3.02. The zero-order chi connectivity index (χ0) is 14.4. The van der Waals surface area contributed by atoms with Crippen LogP contribution in [-0.4, -0.2) is 18.6 Å². The first-order chi connectivity index (χ1) is 9.72. The zero-order valence-corrected chi connectivity index (χ0v) is 12.7. The molecule has 2 aromatic carbocycles. The summed E-state index contributed by atoms with van der Waals surface area (Å²) in [7, 11) is 1.57. The molecule has 0 aromatic heterocycles. The van der Waals surface area contributed by atoms with E-state index in [1.54, 1.807) is 31.0 Å². The third-order valence-corrected chi connectivity index (χ3v) is 4.21. The Labute approximate surface area is 128 Å². The van der Waals surface area contributed by atoms with Gasteiger partial charge in [-0.2, -0.15) is 0 Å². The van der Waals surface area contributed by atoms with E-state index >= 15 is 0 Å². The summed E-state index contributed by atoms with van der Waals surface area (Å²) in [5.41, 5.74) is 1.67. The van der Waals surface area contributed by atoms with Crippen LogP contribution >= 0.6 is 23.4 Å². The first-order valence-corrected chi connectivity index (χ1v) is 7.73. The van der Waals surface area contributed by atoms with Crippen LogP contribution in [0.5, 0.6) is 5.75 Å². The summed E-state index contributed by atoms with van der Waals surface area (Å²) >= 11 is 7.64. The highest BCUT2D eigenvalue weighted by atomic mass is 35.5. The lowest BCUT2D eigenvalue weighted by molar-refractivity contribution is 0.101. The average molecular weight is 307 g/mol. The van der Waals surface area contributed by atoms with Crippen molar-refractivity contribution in [2.24, 2.45) is 0 Å². The fourth-order valence-electron chi connectivity index (χ4n) is 1.82. The Morgan fingerprint density at radius 3 is 2.60 bits per heavy atom. The molecule has 0 aliphatic heterocycles. The molecule has 0 amide bonds. The summed E-state index contributed by atoms with van der Waals surface area (Å²) in [6.07, 6.45) is 0. The molecule has 0 atom stereocenters. The van der Waals surface area contributed by atoms with Crippen molar-refractivity contribution >= 4 is 29.1 Å². The number of rotatable bonds is 6. The number of benzene rings is 2. The highest BCUT2D eigenvalue weighted by molar-refractivity contribution is 7.99. The molecule has 0 saturated carbocycles. The van der Waals surface area contributed by atoms with Gasteiger partial charge in [0.2, 0.25) is 0 Å². The number of thioether (sulfide) groups is 1. The van der Waals surface area contributed by atoms with E-state index in [0.717, 1.165) is 16.3 Å². The van der Waals surface area contributed by atoms with Gasteiger partial charge in [0.25, 0.3) is 0 Å². The third-order valence-electron chi connectivity index (χ3n) is 2.86. The Morgan fingerprint density at radius 2 is 1.85 bits per heavy atom. The summed E-state index contributed by atoms with van der Waals surface area (Å²) in [4.78, 5) is 12.2. The molecular formula is C16H15ClO2S. The van der Waals surface area contributed by atoms with Crippen molar-refractivity contribution in [3.8, 4) is 5.75 Å². The minimum atomic E-state index is 0.0690. The van der Waals surface area contributed by atoms with Crippen LogP contribution in [0.25, 0.3) is 0 Å². The third kappa shape index (κ3) is 3.78. The van der Waals surface area contributed by atoms with Crippen molar-refractivity contribution in [3.63, 3.8) is 0 Å². The van der Waals surface area contributed by atoms with Gasteiger partial charge in [-0.1, -0.05) is 41.9 Å². The van der Waals surface area contributed by atoms with Crippen LogP contribution in [-0.2, 0) is 5.75 Å². The van der Waals surface area contributed by atoms with Crippen molar-refractivity contribution in [2.75, 3.05) is 12.9 Å². The minimum absolute atomic E-state index is 0.0690. The van der Waals surface area contributed by atoms with Gasteiger partial charge in [-0.05, 0) is 23.8 Å². The van der Waals surface area contributed by atoms with Crippen LogP contribution in [0.4, 0.5) is 0 Å². The van der Waals surface area contributed by atoms with Gasteiger partial charge >= 0.3 is 0 Å². The van der Waals surface area contributed by atoms with Gasteiger partial charge in [0, 0.05) is 10.8 Å². The Morgan fingerprint density at radius 1 is 1.15 bits per heavy atom. The molecule has 20 heavy (non-hydrogen) atoms. The van der Waals surface area contributed by atoms with Crippen molar-refractivity contribution in [2.45, 2.75) is 5.75 Å². The fraction of sp³-hybridized carbons (Fsp3) is 0.188. The first-order valence-electron chi connectivity index (χ1n) is 6.19. The van der Waals surface area contributed by atoms with E-state index in [-0.39, 0.29) is 5.78 Å². The van der Waals surface area contributed by atoms with E-state index in [9.17, 15) is 4.79 Å². The second-order valence-corrected chi connectivity index (χ2v) is 5.60. The molecule has 0 heterocycles. The van der Waals surface area contributed by atoms with Gasteiger partial charge in [0.05, 0.1) is 18.4 Å². The summed E-state index contributed by atoms with van der Waals surface area (Å²) in [6.45, 7) is 0. The van der Waals surface area contributed by atoms with Crippen LogP contribution in [0.1, 0.15) is 15.9 Å². The zero-order valence-electron chi connectivity index (χ0n) is 11.1. The molecule has 0 fully saturated rings.